The summed E-state index contributed by atoms with van der Waals surface area (Å²) in [4.78, 5) is 10.6. The van der Waals surface area contributed by atoms with Crippen LogP contribution >= 0.6 is 0 Å². The third-order valence-electron chi connectivity index (χ3n) is 2.39. The van der Waals surface area contributed by atoms with Gasteiger partial charge in [-0.05, 0) is 36.1 Å². The van der Waals surface area contributed by atoms with Crippen molar-refractivity contribution < 1.29 is 9.18 Å². The number of benzene rings is 1. The summed E-state index contributed by atoms with van der Waals surface area (Å²) in [5.74, 6) is -0.208. The van der Waals surface area contributed by atoms with Crippen molar-refractivity contribution in [3.63, 3.8) is 0 Å². The van der Waals surface area contributed by atoms with E-state index in [4.69, 9.17) is 0 Å². The first kappa shape index (κ1) is 7.47. The molecule has 0 bridgehead atoms. The van der Waals surface area contributed by atoms with E-state index in [1.807, 2.05) is 0 Å². The van der Waals surface area contributed by atoms with E-state index in [1.54, 1.807) is 6.07 Å². The largest absolute Gasteiger partial charge is 0.303 e. The molecule has 0 spiro atoms. The summed E-state index contributed by atoms with van der Waals surface area (Å²) in [7, 11) is 0. The van der Waals surface area contributed by atoms with Gasteiger partial charge in [-0.3, -0.25) is 0 Å². The van der Waals surface area contributed by atoms with Crippen molar-refractivity contribution in [2.24, 2.45) is 0 Å². The van der Waals surface area contributed by atoms with Crippen molar-refractivity contribution in [3.05, 3.63) is 35.1 Å². The van der Waals surface area contributed by atoms with Gasteiger partial charge in [-0.15, -0.1) is 0 Å². The van der Waals surface area contributed by atoms with Crippen LogP contribution in [0.5, 0.6) is 0 Å². The predicted molar refractivity (Wildman–Crippen MR) is 43.5 cm³/mol. The quantitative estimate of drug-likeness (QED) is 0.580. The molecule has 1 aliphatic carbocycles. The monoisotopic (exact) mass is 164 g/mol. The SMILES string of the molecule is O=C[C@@H]1CCc2cc(F)ccc21. The van der Waals surface area contributed by atoms with Gasteiger partial charge in [-0.1, -0.05) is 6.07 Å². The first-order valence-electron chi connectivity index (χ1n) is 4.05. The molecule has 2 rings (SSSR count). The van der Waals surface area contributed by atoms with Gasteiger partial charge in [-0.25, -0.2) is 4.39 Å². The van der Waals surface area contributed by atoms with Gasteiger partial charge in [-0.2, -0.15) is 0 Å². The summed E-state index contributed by atoms with van der Waals surface area (Å²) in [6.07, 6.45) is 2.61. The molecule has 1 nitrogen and oxygen atoms in total. The van der Waals surface area contributed by atoms with Crippen LogP contribution < -0.4 is 0 Å². The van der Waals surface area contributed by atoms with Crippen molar-refractivity contribution in [2.45, 2.75) is 18.8 Å². The predicted octanol–water partition coefficient (Wildman–Crippen LogP) is 2.05. The fourth-order valence-corrected chi connectivity index (χ4v) is 1.76. The van der Waals surface area contributed by atoms with Crippen LogP contribution in [0, 0.1) is 5.82 Å². The second kappa shape index (κ2) is 2.70. The molecule has 0 N–H and O–H groups in total. The molecule has 0 fully saturated rings. The minimum atomic E-state index is -0.208. The lowest BCUT2D eigenvalue weighted by Crippen LogP contribution is -1.93. The zero-order valence-electron chi connectivity index (χ0n) is 6.59. The Morgan fingerprint density at radius 2 is 2.33 bits per heavy atom. The molecule has 1 aliphatic rings. The molecule has 0 radical (unpaired) electrons. The number of hydrogen-bond donors (Lipinski definition) is 0. The first-order chi connectivity index (χ1) is 5.81. The van der Waals surface area contributed by atoms with Crippen LogP contribution in [0.15, 0.2) is 18.2 Å². The summed E-state index contributed by atoms with van der Waals surface area (Å²) in [5, 5.41) is 0. The zero-order valence-corrected chi connectivity index (χ0v) is 6.59. The molecule has 0 aliphatic heterocycles. The van der Waals surface area contributed by atoms with Gasteiger partial charge >= 0.3 is 0 Å². The molecular weight excluding hydrogens is 155 g/mol. The topological polar surface area (TPSA) is 17.1 Å². The summed E-state index contributed by atoms with van der Waals surface area (Å²) >= 11 is 0. The molecule has 2 heteroatoms. The number of carbonyl (C=O) groups excluding carboxylic acids is 1. The van der Waals surface area contributed by atoms with E-state index in [0.717, 1.165) is 30.3 Å². The van der Waals surface area contributed by atoms with E-state index in [9.17, 15) is 9.18 Å². The normalized spacial score (nSPS) is 20.6. The second-order valence-corrected chi connectivity index (χ2v) is 3.12. The van der Waals surface area contributed by atoms with E-state index in [0.29, 0.717) is 0 Å². The highest BCUT2D eigenvalue weighted by molar-refractivity contribution is 5.65. The van der Waals surface area contributed by atoms with Crippen molar-refractivity contribution in [3.8, 4) is 0 Å². The Labute approximate surface area is 70.2 Å². The summed E-state index contributed by atoms with van der Waals surface area (Å²) in [6.45, 7) is 0. The Morgan fingerprint density at radius 3 is 3.08 bits per heavy atom. The van der Waals surface area contributed by atoms with Crippen molar-refractivity contribution >= 4 is 6.29 Å². The number of carbonyl (C=O) groups is 1. The van der Waals surface area contributed by atoms with E-state index >= 15 is 0 Å². The lowest BCUT2D eigenvalue weighted by Gasteiger charge is -2.01. The summed E-state index contributed by atoms with van der Waals surface area (Å²) < 4.78 is 12.7. The van der Waals surface area contributed by atoms with Crippen LogP contribution in [0.2, 0.25) is 0 Å². The molecule has 0 saturated carbocycles. The Kier molecular flexibility index (Phi) is 1.68. The van der Waals surface area contributed by atoms with E-state index in [-0.39, 0.29) is 11.7 Å². The maximum atomic E-state index is 12.7. The molecule has 1 aromatic carbocycles. The summed E-state index contributed by atoms with van der Waals surface area (Å²) in [5.41, 5.74) is 2.00. The maximum Gasteiger partial charge on any atom is 0.127 e. The van der Waals surface area contributed by atoms with Gasteiger partial charge in [0.15, 0.2) is 0 Å². The number of aryl methyl sites for hydroxylation is 1. The minimum Gasteiger partial charge on any atom is -0.303 e. The molecule has 0 heterocycles. The minimum absolute atomic E-state index is 0.000556. The smallest absolute Gasteiger partial charge is 0.127 e. The fraction of sp³-hybridized carbons (Fsp3) is 0.300. The third kappa shape index (κ3) is 1.04. The van der Waals surface area contributed by atoms with Gasteiger partial charge in [0.05, 0.1) is 0 Å². The highest BCUT2D eigenvalue weighted by Crippen LogP contribution is 2.31. The maximum absolute atomic E-state index is 12.7. The van der Waals surface area contributed by atoms with E-state index in [2.05, 4.69) is 0 Å². The van der Waals surface area contributed by atoms with E-state index in [1.165, 1.54) is 12.1 Å². The third-order valence-corrected chi connectivity index (χ3v) is 2.39. The number of rotatable bonds is 1. The lowest BCUT2D eigenvalue weighted by molar-refractivity contribution is -0.109. The number of fused-ring (bicyclic) bond motifs is 1. The Hall–Kier alpha value is -1.18. The molecule has 12 heavy (non-hydrogen) atoms. The van der Waals surface area contributed by atoms with Gasteiger partial charge in [0.2, 0.25) is 0 Å². The van der Waals surface area contributed by atoms with Gasteiger partial charge in [0.25, 0.3) is 0 Å². The molecular formula is C10H9FO. The Bertz CT molecular complexity index is 320. The fourth-order valence-electron chi connectivity index (χ4n) is 1.76. The van der Waals surface area contributed by atoms with Gasteiger partial charge in [0.1, 0.15) is 12.1 Å². The number of hydrogen-bond acceptors (Lipinski definition) is 1. The van der Waals surface area contributed by atoms with Crippen LogP contribution in [-0.4, -0.2) is 6.29 Å². The molecule has 0 aromatic heterocycles. The van der Waals surface area contributed by atoms with Crippen LogP contribution in [0.4, 0.5) is 4.39 Å². The Morgan fingerprint density at radius 1 is 1.50 bits per heavy atom. The molecule has 0 unspecified atom stereocenters. The highest BCUT2D eigenvalue weighted by Gasteiger charge is 2.21. The molecule has 0 amide bonds. The molecule has 62 valence electrons. The number of aldehydes is 1. The average Bonchev–Trinajstić information content (AvgIpc) is 2.46. The number of halogens is 1. The molecule has 0 saturated heterocycles. The average molecular weight is 164 g/mol. The van der Waals surface area contributed by atoms with Gasteiger partial charge < -0.3 is 4.79 Å². The van der Waals surface area contributed by atoms with E-state index < -0.39 is 0 Å². The van der Waals surface area contributed by atoms with Crippen LogP contribution in [-0.2, 0) is 11.2 Å². The van der Waals surface area contributed by atoms with Crippen LogP contribution in [0.3, 0.4) is 0 Å². The van der Waals surface area contributed by atoms with Crippen molar-refractivity contribution in [1.29, 1.82) is 0 Å². The van der Waals surface area contributed by atoms with Crippen molar-refractivity contribution in [2.75, 3.05) is 0 Å². The second-order valence-electron chi connectivity index (χ2n) is 3.12. The van der Waals surface area contributed by atoms with Crippen molar-refractivity contribution in [1.82, 2.24) is 0 Å². The van der Waals surface area contributed by atoms with Crippen LogP contribution in [0.25, 0.3) is 0 Å². The molecule has 1 aromatic rings. The van der Waals surface area contributed by atoms with Gasteiger partial charge in [0, 0.05) is 5.92 Å². The standard InChI is InChI=1S/C10H9FO/c11-9-3-4-10-7(5-9)1-2-8(10)6-12/h3-6,8H,1-2H2/t8-/m0/s1. The first-order valence-corrected chi connectivity index (χ1v) is 4.05. The Balaban J connectivity index is 2.47. The summed E-state index contributed by atoms with van der Waals surface area (Å²) in [6, 6.07) is 4.66. The van der Waals surface area contributed by atoms with Crippen LogP contribution in [0.1, 0.15) is 23.5 Å². The zero-order chi connectivity index (χ0) is 8.55. The lowest BCUT2D eigenvalue weighted by atomic mass is 10.0. The highest BCUT2D eigenvalue weighted by atomic mass is 19.1. The molecule has 1 atom stereocenters.